The molecule has 0 radical (unpaired) electrons. The topological polar surface area (TPSA) is 57.9 Å². The molecular weight excluding hydrogens is 208 g/mol. The summed E-state index contributed by atoms with van der Waals surface area (Å²) in [6.45, 7) is 2.60. The normalized spacial score (nSPS) is 17.2. The number of rotatable bonds is 1. The van der Waals surface area contributed by atoms with Crippen LogP contribution in [0, 0.1) is 4.77 Å². The molecule has 4 nitrogen and oxygen atoms in total. The fourth-order valence-corrected chi connectivity index (χ4v) is 2.22. The molecule has 0 fully saturated rings. The summed E-state index contributed by atoms with van der Waals surface area (Å²) in [7, 11) is 2.13. The third-order valence-corrected chi connectivity index (χ3v) is 3.08. The van der Waals surface area contributed by atoms with Crippen LogP contribution >= 0.6 is 12.2 Å². The Labute approximate surface area is 94.5 Å². The third kappa shape index (κ3) is 2.25. The summed E-state index contributed by atoms with van der Waals surface area (Å²) in [5.74, 6) is 0. The fraction of sp³-hybridized carbons (Fsp3) is 0.600. The fourth-order valence-electron chi connectivity index (χ4n) is 1.99. The summed E-state index contributed by atoms with van der Waals surface area (Å²) in [5, 5.41) is 0. The van der Waals surface area contributed by atoms with Crippen LogP contribution in [0.3, 0.4) is 0 Å². The summed E-state index contributed by atoms with van der Waals surface area (Å²) < 4.78 is 0.554. The van der Waals surface area contributed by atoms with Crippen LogP contribution in [-0.2, 0) is 19.4 Å². The van der Waals surface area contributed by atoms with E-state index in [1.807, 2.05) is 0 Å². The minimum Gasteiger partial charge on any atom is -0.334 e. The highest BCUT2D eigenvalue weighted by atomic mass is 32.1. The molecule has 0 aromatic carbocycles. The number of aromatic nitrogens is 2. The van der Waals surface area contributed by atoms with Crippen molar-refractivity contribution < 1.29 is 0 Å². The lowest BCUT2D eigenvalue weighted by atomic mass is 10.1. The molecule has 15 heavy (non-hydrogen) atoms. The molecule has 1 aliphatic heterocycles. The average Bonchev–Trinajstić information content (AvgIpc) is 2.40. The van der Waals surface area contributed by atoms with Gasteiger partial charge in [0.15, 0.2) is 4.77 Å². The molecule has 0 amide bonds. The Morgan fingerprint density at radius 3 is 2.93 bits per heavy atom. The first-order chi connectivity index (χ1) is 7.20. The molecule has 0 saturated carbocycles. The minimum absolute atomic E-state index is 0.477. The van der Waals surface area contributed by atoms with Crippen LogP contribution < -0.4 is 5.73 Å². The molecule has 1 aliphatic rings. The SMILES string of the molecule is CN1CCc2[nH]c(=S)nc(CN)c2CC1. The maximum absolute atomic E-state index is 5.69. The molecule has 0 spiro atoms. The van der Waals surface area contributed by atoms with E-state index in [1.165, 1.54) is 11.3 Å². The highest BCUT2D eigenvalue weighted by Gasteiger charge is 2.15. The largest absolute Gasteiger partial charge is 0.334 e. The van der Waals surface area contributed by atoms with Gasteiger partial charge in [-0.15, -0.1) is 0 Å². The quantitative estimate of drug-likeness (QED) is 0.687. The Hall–Kier alpha value is -0.780. The number of hydrogen-bond acceptors (Lipinski definition) is 4. The molecular formula is C10H16N4S. The highest BCUT2D eigenvalue weighted by molar-refractivity contribution is 7.71. The Balaban J connectivity index is 2.46. The van der Waals surface area contributed by atoms with Crippen molar-refractivity contribution in [3.63, 3.8) is 0 Å². The van der Waals surface area contributed by atoms with Gasteiger partial charge < -0.3 is 15.6 Å². The van der Waals surface area contributed by atoms with E-state index in [9.17, 15) is 0 Å². The van der Waals surface area contributed by atoms with Crippen LogP contribution in [0.25, 0.3) is 0 Å². The number of H-pyrrole nitrogens is 1. The van der Waals surface area contributed by atoms with Crippen molar-refractivity contribution >= 4 is 12.2 Å². The Kier molecular flexibility index (Phi) is 3.14. The monoisotopic (exact) mass is 224 g/mol. The van der Waals surface area contributed by atoms with Gasteiger partial charge in [0.1, 0.15) is 0 Å². The van der Waals surface area contributed by atoms with Crippen LogP contribution in [0.1, 0.15) is 17.0 Å². The van der Waals surface area contributed by atoms with Gasteiger partial charge in [0, 0.05) is 31.7 Å². The first-order valence-electron chi connectivity index (χ1n) is 5.20. The predicted octanol–water partition coefficient (Wildman–Crippen LogP) is 0.628. The smallest absolute Gasteiger partial charge is 0.197 e. The van der Waals surface area contributed by atoms with Crippen molar-refractivity contribution in [2.24, 2.45) is 5.73 Å². The summed E-state index contributed by atoms with van der Waals surface area (Å²) >= 11 is 5.09. The first kappa shape index (κ1) is 10.7. The molecule has 0 saturated heterocycles. The number of aromatic amines is 1. The van der Waals surface area contributed by atoms with Crippen molar-refractivity contribution in [3.8, 4) is 0 Å². The van der Waals surface area contributed by atoms with Crippen molar-refractivity contribution in [2.75, 3.05) is 20.1 Å². The lowest BCUT2D eigenvalue weighted by Crippen LogP contribution is -2.20. The molecule has 82 valence electrons. The van der Waals surface area contributed by atoms with Gasteiger partial charge in [-0.05, 0) is 31.2 Å². The zero-order chi connectivity index (χ0) is 10.8. The van der Waals surface area contributed by atoms with Crippen LogP contribution in [0.2, 0.25) is 0 Å². The molecule has 0 aliphatic carbocycles. The van der Waals surface area contributed by atoms with Crippen molar-refractivity contribution in [2.45, 2.75) is 19.4 Å². The van der Waals surface area contributed by atoms with Gasteiger partial charge in [0.05, 0.1) is 5.69 Å². The number of fused-ring (bicyclic) bond motifs is 1. The summed E-state index contributed by atoms with van der Waals surface area (Å²) in [5.41, 5.74) is 9.15. The van der Waals surface area contributed by atoms with Crippen molar-refractivity contribution in [1.29, 1.82) is 0 Å². The van der Waals surface area contributed by atoms with Gasteiger partial charge in [-0.3, -0.25) is 0 Å². The second-order valence-electron chi connectivity index (χ2n) is 3.95. The maximum Gasteiger partial charge on any atom is 0.197 e. The summed E-state index contributed by atoms with van der Waals surface area (Å²) in [6, 6.07) is 0. The van der Waals surface area contributed by atoms with Gasteiger partial charge in [-0.1, -0.05) is 0 Å². The number of likely N-dealkylation sites (N-methyl/N-ethyl adjacent to an activating group) is 1. The average molecular weight is 224 g/mol. The van der Waals surface area contributed by atoms with Gasteiger partial charge in [-0.2, -0.15) is 0 Å². The second kappa shape index (κ2) is 4.38. The summed E-state index contributed by atoms with van der Waals surface area (Å²) in [4.78, 5) is 9.79. The molecule has 1 aromatic heterocycles. The Bertz CT molecular complexity index is 412. The lowest BCUT2D eigenvalue weighted by Gasteiger charge is -2.11. The molecule has 0 unspecified atom stereocenters. The molecule has 5 heteroatoms. The van der Waals surface area contributed by atoms with E-state index in [2.05, 4.69) is 21.9 Å². The van der Waals surface area contributed by atoms with E-state index in [-0.39, 0.29) is 0 Å². The van der Waals surface area contributed by atoms with Crippen molar-refractivity contribution in [1.82, 2.24) is 14.9 Å². The zero-order valence-electron chi connectivity index (χ0n) is 8.92. The highest BCUT2D eigenvalue weighted by Crippen LogP contribution is 2.15. The first-order valence-corrected chi connectivity index (χ1v) is 5.61. The van der Waals surface area contributed by atoms with Crippen LogP contribution in [0.5, 0.6) is 0 Å². The maximum atomic E-state index is 5.69. The molecule has 2 rings (SSSR count). The Morgan fingerprint density at radius 2 is 2.20 bits per heavy atom. The summed E-state index contributed by atoms with van der Waals surface area (Å²) in [6.07, 6.45) is 2.02. The lowest BCUT2D eigenvalue weighted by molar-refractivity contribution is 0.351. The van der Waals surface area contributed by atoms with E-state index in [4.69, 9.17) is 18.0 Å². The molecule has 3 N–H and O–H groups in total. The molecule has 0 bridgehead atoms. The van der Waals surface area contributed by atoms with E-state index in [1.54, 1.807) is 0 Å². The predicted molar refractivity (Wildman–Crippen MR) is 62.2 cm³/mol. The number of nitrogens with two attached hydrogens (primary N) is 1. The molecule has 0 atom stereocenters. The van der Waals surface area contributed by atoms with Crippen LogP contribution in [-0.4, -0.2) is 35.0 Å². The van der Waals surface area contributed by atoms with Gasteiger partial charge in [0.2, 0.25) is 0 Å². The van der Waals surface area contributed by atoms with E-state index in [0.29, 0.717) is 11.3 Å². The molecule has 1 aromatic rings. The standard InChI is InChI=1S/C10H16N4S/c1-14-4-2-7-8(3-5-14)12-10(15)13-9(7)6-11/h2-6,11H2,1H3,(H,12,13,15). The minimum atomic E-state index is 0.477. The number of nitrogens with one attached hydrogen (secondary N) is 1. The van der Waals surface area contributed by atoms with Crippen LogP contribution in [0.15, 0.2) is 0 Å². The van der Waals surface area contributed by atoms with E-state index >= 15 is 0 Å². The third-order valence-electron chi connectivity index (χ3n) is 2.89. The van der Waals surface area contributed by atoms with Gasteiger partial charge >= 0.3 is 0 Å². The van der Waals surface area contributed by atoms with Crippen molar-refractivity contribution in [3.05, 3.63) is 21.7 Å². The second-order valence-corrected chi connectivity index (χ2v) is 4.34. The number of nitrogens with zero attached hydrogens (tertiary/aromatic N) is 2. The number of hydrogen-bond donors (Lipinski definition) is 2. The Morgan fingerprint density at radius 1 is 1.47 bits per heavy atom. The van der Waals surface area contributed by atoms with Gasteiger partial charge in [0.25, 0.3) is 0 Å². The van der Waals surface area contributed by atoms with E-state index < -0.39 is 0 Å². The van der Waals surface area contributed by atoms with E-state index in [0.717, 1.165) is 31.6 Å². The molecule has 2 heterocycles. The zero-order valence-corrected chi connectivity index (χ0v) is 9.73. The van der Waals surface area contributed by atoms with Crippen LogP contribution in [0.4, 0.5) is 0 Å². The van der Waals surface area contributed by atoms with Gasteiger partial charge in [-0.25, -0.2) is 4.98 Å².